The molecule has 128 valence electrons. The summed E-state index contributed by atoms with van der Waals surface area (Å²) in [5.74, 6) is 1.17. The van der Waals surface area contributed by atoms with E-state index in [9.17, 15) is 4.79 Å². The van der Waals surface area contributed by atoms with Crippen molar-refractivity contribution in [1.82, 2.24) is 10.1 Å². The van der Waals surface area contributed by atoms with Crippen molar-refractivity contribution in [2.24, 2.45) is 5.92 Å². The fraction of sp³-hybridized carbons (Fsp3) is 0.500. The minimum atomic E-state index is -0.0251. The molecule has 4 nitrogen and oxygen atoms in total. The van der Waals surface area contributed by atoms with Crippen molar-refractivity contribution in [3.05, 3.63) is 41.6 Å². The molecule has 1 aliphatic heterocycles. The van der Waals surface area contributed by atoms with Gasteiger partial charge in [-0.15, -0.1) is 0 Å². The van der Waals surface area contributed by atoms with Crippen molar-refractivity contribution >= 4 is 5.91 Å². The molecule has 0 saturated carbocycles. The van der Waals surface area contributed by atoms with Crippen LogP contribution in [0.3, 0.4) is 0 Å². The van der Waals surface area contributed by atoms with Gasteiger partial charge >= 0.3 is 0 Å². The first kappa shape index (κ1) is 16.7. The second kappa shape index (κ2) is 6.42. The van der Waals surface area contributed by atoms with E-state index in [0.717, 1.165) is 25.1 Å². The van der Waals surface area contributed by atoms with Crippen molar-refractivity contribution in [3.63, 3.8) is 0 Å². The van der Waals surface area contributed by atoms with E-state index in [2.05, 4.69) is 45.0 Å². The molecule has 0 N–H and O–H groups in total. The van der Waals surface area contributed by atoms with Crippen LogP contribution >= 0.6 is 0 Å². The van der Waals surface area contributed by atoms with Gasteiger partial charge in [0.1, 0.15) is 0 Å². The van der Waals surface area contributed by atoms with Gasteiger partial charge in [-0.3, -0.25) is 4.79 Å². The summed E-state index contributed by atoms with van der Waals surface area (Å²) in [6, 6.07) is 10.0. The van der Waals surface area contributed by atoms with Gasteiger partial charge in [-0.1, -0.05) is 57.1 Å². The zero-order chi connectivity index (χ0) is 17.3. The Morgan fingerprint density at radius 3 is 2.58 bits per heavy atom. The quantitative estimate of drug-likeness (QED) is 0.815. The van der Waals surface area contributed by atoms with Crippen molar-refractivity contribution in [2.45, 2.75) is 46.0 Å². The van der Waals surface area contributed by atoms with Crippen molar-refractivity contribution in [1.29, 1.82) is 0 Å². The monoisotopic (exact) mass is 326 g/mol. The van der Waals surface area contributed by atoms with Crippen LogP contribution in [0.2, 0.25) is 0 Å². The lowest BCUT2D eigenvalue weighted by molar-refractivity contribution is 0.0672. The van der Waals surface area contributed by atoms with E-state index in [1.807, 2.05) is 17.0 Å². The fourth-order valence-corrected chi connectivity index (χ4v) is 3.18. The highest BCUT2D eigenvalue weighted by atomic mass is 16.5. The molecule has 1 aromatic carbocycles. The van der Waals surface area contributed by atoms with Crippen molar-refractivity contribution in [2.75, 3.05) is 13.1 Å². The average Bonchev–Trinajstić information content (AvgIpc) is 3.03. The van der Waals surface area contributed by atoms with E-state index in [4.69, 9.17) is 4.52 Å². The molecular weight excluding hydrogens is 300 g/mol. The second-order valence-corrected chi connectivity index (χ2v) is 7.90. The van der Waals surface area contributed by atoms with Gasteiger partial charge in [-0.2, -0.15) is 0 Å². The second-order valence-electron chi connectivity index (χ2n) is 7.90. The van der Waals surface area contributed by atoms with Crippen LogP contribution in [0.25, 0.3) is 11.3 Å². The first-order chi connectivity index (χ1) is 11.3. The Morgan fingerprint density at radius 2 is 1.96 bits per heavy atom. The average molecular weight is 326 g/mol. The number of rotatable bonds is 2. The van der Waals surface area contributed by atoms with Gasteiger partial charge in [0.2, 0.25) is 0 Å². The van der Waals surface area contributed by atoms with E-state index in [1.165, 1.54) is 12.0 Å². The van der Waals surface area contributed by atoms with E-state index in [-0.39, 0.29) is 11.3 Å². The molecule has 2 heterocycles. The summed E-state index contributed by atoms with van der Waals surface area (Å²) in [6.07, 6.45) is 2.25. The predicted octanol–water partition coefficient (Wildman–Crippen LogP) is 4.51. The van der Waals surface area contributed by atoms with Crippen LogP contribution in [0.15, 0.2) is 34.9 Å². The Bertz CT molecular complexity index is 710. The molecular formula is C20H26N2O2. The van der Waals surface area contributed by atoms with E-state index in [0.29, 0.717) is 17.4 Å². The molecule has 1 amide bonds. The highest BCUT2D eigenvalue weighted by Crippen LogP contribution is 2.27. The molecule has 1 fully saturated rings. The highest BCUT2D eigenvalue weighted by Gasteiger charge is 2.24. The van der Waals surface area contributed by atoms with Gasteiger partial charge in [0.25, 0.3) is 5.91 Å². The molecule has 24 heavy (non-hydrogen) atoms. The van der Waals surface area contributed by atoms with Gasteiger partial charge in [0, 0.05) is 24.7 Å². The molecule has 0 aliphatic carbocycles. The Balaban J connectivity index is 1.76. The molecule has 1 aromatic heterocycles. The first-order valence-electron chi connectivity index (χ1n) is 8.71. The Labute approximate surface area is 143 Å². The van der Waals surface area contributed by atoms with E-state index in [1.54, 1.807) is 6.07 Å². The third kappa shape index (κ3) is 3.53. The van der Waals surface area contributed by atoms with Crippen LogP contribution in [-0.2, 0) is 5.41 Å². The zero-order valence-electron chi connectivity index (χ0n) is 15.0. The maximum atomic E-state index is 12.6. The number of likely N-dealkylation sites (tertiary alicyclic amines) is 1. The molecule has 0 bridgehead atoms. The minimum Gasteiger partial charge on any atom is -0.355 e. The number of carbonyl (C=O) groups is 1. The summed E-state index contributed by atoms with van der Waals surface area (Å²) in [5, 5.41) is 4.00. The normalized spacial score (nSPS) is 18.7. The lowest BCUT2D eigenvalue weighted by atomic mass is 9.86. The van der Waals surface area contributed by atoms with Crippen molar-refractivity contribution in [3.8, 4) is 11.3 Å². The van der Waals surface area contributed by atoms with E-state index >= 15 is 0 Å². The Hall–Kier alpha value is -2.10. The maximum Gasteiger partial charge on any atom is 0.276 e. The summed E-state index contributed by atoms with van der Waals surface area (Å²) in [7, 11) is 0. The third-order valence-corrected chi connectivity index (χ3v) is 4.71. The fourth-order valence-electron chi connectivity index (χ4n) is 3.18. The van der Waals surface area contributed by atoms with Gasteiger partial charge < -0.3 is 9.42 Å². The van der Waals surface area contributed by atoms with Crippen LogP contribution in [0.5, 0.6) is 0 Å². The highest BCUT2D eigenvalue weighted by molar-refractivity contribution is 5.93. The number of benzene rings is 1. The molecule has 1 saturated heterocycles. The van der Waals surface area contributed by atoms with Crippen molar-refractivity contribution < 1.29 is 9.32 Å². The van der Waals surface area contributed by atoms with Gasteiger partial charge in [0.05, 0.1) is 0 Å². The third-order valence-electron chi connectivity index (χ3n) is 4.71. The largest absolute Gasteiger partial charge is 0.355 e. The maximum absolute atomic E-state index is 12.6. The first-order valence-corrected chi connectivity index (χ1v) is 8.71. The number of amides is 1. The molecule has 1 atom stereocenters. The van der Waals surface area contributed by atoms with Crippen LogP contribution in [0.4, 0.5) is 0 Å². The molecule has 4 heteroatoms. The molecule has 0 radical (unpaired) electrons. The molecule has 2 aromatic rings. The van der Waals surface area contributed by atoms with Gasteiger partial charge in [0.15, 0.2) is 11.5 Å². The molecule has 1 aliphatic rings. The Morgan fingerprint density at radius 1 is 1.25 bits per heavy atom. The predicted molar refractivity (Wildman–Crippen MR) is 94.9 cm³/mol. The topological polar surface area (TPSA) is 46.3 Å². The summed E-state index contributed by atoms with van der Waals surface area (Å²) in [4.78, 5) is 14.5. The number of nitrogens with zero attached hydrogens (tertiary/aromatic N) is 2. The van der Waals surface area contributed by atoms with Crippen LogP contribution in [0, 0.1) is 5.92 Å². The number of hydrogen-bond acceptors (Lipinski definition) is 3. The SMILES string of the molecule is C[C@@H]1CCCN(C(=O)c2cc(-c3ccc(C(C)(C)C)cc3)on2)C1. The lowest BCUT2D eigenvalue weighted by Crippen LogP contribution is -2.39. The zero-order valence-corrected chi connectivity index (χ0v) is 15.0. The van der Waals surface area contributed by atoms with Gasteiger partial charge in [-0.25, -0.2) is 0 Å². The molecule has 3 rings (SSSR count). The van der Waals surface area contributed by atoms with Crippen LogP contribution < -0.4 is 0 Å². The number of piperidine rings is 1. The smallest absolute Gasteiger partial charge is 0.276 e. The lowest BCUT2D eigenvalue weighted by Gasteiger charge is -2.30. The van der Waals surface area contributed by atoms with E-state index < -0.39 is 0 Å². The molecule has 0 spiro atoms. The molecule has 0 unspecified atom stereocenters. The minimum absolute atomic E-state index is 0.0251. The number of carbonyl (C=O) groups excluding carboxylic acids is 1. The summed E-state index contributed by atoms with van der Waals surface area (Å²) in [5.41, 5.74) is 2.73. The number of hydrogen-bond donors (Lipinski definition) is 0. The summed E-state index contributed by atoms with van der Waals surface area (Å²) in [6.45, 7) is 10.4. The van der Waals surface area contributed by atoms with Gasteiger partial charge in [-0.05, 0) is 29.7 Å². The number of aromatic nitrogens is 1. The van der Waals surface area contributed by atoms with Crippen LogP contribution in [0.1, 0.15) is 56.6 Å². The standard InChI is InChI=1S/C20H26N2O2/c1-14-6-5-11-22(13-14)19(23)17-12-18(24-21-17)15-7-9-16(10-8-15)20(2,3)4/h7-10,12,14H,5-6,11,13H2,1-4H3/t14-/m1/s1. The summed E-state index contributed by atoms with van der Waals surface area (Å²) < 4.78 is 5.42. The van der Waals surface area contributed by atoms with Crippen LogP contribution in [-0.4, -0.2) is 29.1 Å². The summed E-state index contributed by atoms with van der Waals surface area (Å²) >= 11 is 0. The Kier molecular flexibility index (Phi) is 4.48.